The molecule has 0 aliphatic rings. The standard InChI is InChI=1S/C14H27NO2/c1-6-13(14(16)17)9-7-8-10-15(11(2)3)12(4)5/h9,11-12H,6-8,10H2,1-5H3,(H,16,17). The van der Waals surface area contributed by atoms with Crippen molar-refractivity contribution in [1.29, 1.82) is 0 Å². The van der Waals surface area contributed by atoms with Crippen molar-refractivity contribution in [2.75, 3.05) is 6.54 Å². The third-order valence-electron chi connectivity index (χ3n) is 2.99. The lowest BCUT2D eigenvalue weighted by Gasteiger charge is -2.30. The van der Waals surface area contributed by atoms with Crippen molar-refractivity contribution < 1.29 is 9.90 Å². The van der Waals surface area contributed by atoms with Gasteiger partial charge in [-0.05, 0) is 53.5 Å². The molecular weight excluding hydrogens is 214 g/mol. The zero-order valence-electron chi connectivity index (χ0n) is 11.9. The van der Waals surface area contributed by atoms with Gasteiger partial charge in [-0.1, -0.05) is 13.0 Å². The van der Waals surface area contributed by atoms with E-state index in [9.17, 15) is 4.79 Å². The first-order valence-electron chi connectivity index (χ1n) is 6.58. The first-order valence-corrected chi connectivity index (χ1v) is 6.58. The number of carbonyl (C=O) groups is 1. The second kappa shape index (κ2) is 8.29. The van der Waals surface area contributed by atoms with Gasteiger partial charge in [0.15, 0.2) is 0 Å². The molecule has 0 aliphatic carbocycles. The average Bonchev–Trinajstić information content (AvgIpc) is 2.21. The van der Waals surface area contributed by atoms with Crippen molar-refractivity contribution in [3.05, 3.63) is 11.6 Å². The Morgan fingerprint density at radius 1 is 1.24 bits per heavy atom. The van der Waals surface area contributed by atoms with Crippen LogP contribution in [0.5, 0.6) is 0 Å². The predicted octanol–water partition coefficient (Wildman–Crippen LogP) is 3.31. The molecule has 0 fully saturated rings. The Bertz CT molecular complexity index is 249. The number of aliphatic carboxylic acids is 1. The Balaban J connectivity index is 4.09. The van der Waals surface area contributed by atoms with E-state index in [2.05, 4.69) is 32.6 Å². The van der Waals surface area contributed by atoms with Crippen LogP contribution < -0.4 is 0 Å². The van der Waals surface area contributed by atoms with Gasteiger partial charge in [0.1, 0.15) is 0 Å². The summed E-state index contributed by atoms with van der Waals surface area (Å²) in [5.41, 5.74) is 0.533. The predicted molar refractivity (Wildman–Crippen MR) is 72.2 cm³/mol. The molecule has 0 spiro atoms. The van der Waals surface area contributed by atoms with Gasteiger partial charge < -0.3 is 5.11 Å². The summed E-state index contributed by atoms with van der Waals surface area (Å²) in [5, 5.41) is 8.88. The summed E-state index contributed by atoms with van der Waals surface area (Å²) in [7, 11) is 0. The highest BCUT2D eigenvalue weighted by atomic mass is 16.4. The van der Waals surface area contributed by atoms with Crippen molar-refractivity contribution in [1.82, 2.24) is 4.90 Å². The van der Waals surface area contributed by atoms with Gasteiger partial charge in [-0.3, -0.25) is 4.90 Å². The lowest BCUT2D eigenvalue weighted by molar-refractivity contribution is -0.132. The Morgan fingerprint density at radius 2 is 1.76 bits per heavy atom. The maximum absolute atomic E-state index is 10.8. The van der Waals surface area contributed by atoms with E-state index in [0.717, 1.165) is 19.4 Å². The molecule has 1 N–H and O–H groups in total. The molecule has 0 aliphatic heterocycles. The van der Waals surface area contributed by atoms with Gasteiger partial charge in [0.2, 0.25) is 0 Å². The molecule has 0 aromatic rings. The molecule has 0 amide bonds. The topological polar surface area (TPSA) is 40.5 Å². The van der Waals surface area contributed by atoms with E-state index < -0.39 is 5.97 Å². The summed E-state index contributed by atoms with van der Waals surface area (Å²) in [6, 6.07) is 1.09. The van der Waals surface area contributed by atoms with E-state index in [1.807, 2.05) is 13.0 Å². The average molecular weight is 241 g/mol. The molecule has 0 atom stereocenters. The Kier molecular flexibility index (Phi) is 7.88. The molecule has 0 radical (unpaired) electrons. The summed E-state index contributed by atoms with van der Waals surface area (Å²) in [6.07, 6.45) is 4.34. The minimum atomic E-state index is -0.780. The van der Waals surface area contributed by atoms with Crippen LogP contribution in [0.1, 0.15) is 53.9 Å². The smallest absolute Gasteiger partial charge is 0.331 e. The molecule has 3 heteroatoms. The lowest BCUT2D eigenvalue weighted by atomic mass is 10.1. The second-order valence-corrected chi connectivity index (χ2v) is 4.96. The molecule has 17 heavy (non-hydrogen) atoms. The number of nitrogens with zero attached hydrogens (tertiary/aromatic N) is 1. The van der Waals surface area contributed by atoms with Crippen molar-refractivity contribution in [3.63, 3.8) is 0 Å². The Labute approximate surface area is 106 Å². The van der Waals surface area contributed by atoms with E-state index >= 15 is 0 Å². The third kappa shape index (κ3) is 6.47. The first-order chi connectivity index (χ1) is 7.90. The number of unbranched alkanes of at least 4 members (excludes halogenated alkanes) is 1. The van der Waals surface area contributed by atoms with Crippen LogP contribution in [0.15, 0.2) is 11.6 Å². The van der Waals surface area contributed by atoms with Gasteiger partial charge in [0, 0.05) is 17.7 Å². The fraction of sp³-hybridized carbons (Fsp3) is 0.786. The van der Waals surface area contributed by atoms with E-state index in [-0.39, 0.29) is 0 Å². The number of allylic oxidation sites excluding steroid dienone is 1. The molecule has 0 saturated heterocycles. The summed E-state index contributed by atoms with van der Waals surface area (Å²) in [4.78, 5) is 13.2. The van der Waals surface area contributed by atoms with Crippen LogP contribution in [0.3, 0.4) is 0 Å². The fourth-order valence-corrected chi connectivity index (χ4v) is 2.05. The molecule has 0 bridgehead atoms. The van der Waals surface area contributed by atoms with Crippen LogP contribution in [0.25, 0.3) is 0 Å². The van der Waals surface area contributed by atoms with Crippen LogP contribution in [-0.4, -0.2) is 34.6 Å². The molecular formula is C14H27NO2. The number of carboxylic acids is 1. The molecule has 0 unspecified atom stereocenters. The molecule has 100 valence electrons. The summed E-state index contributed by atoms with van der Waals surface area (Å²) >= 11 is 0. The maximum atomic E-state index is 10.8. The van der Waals surface area contributed by atoms with Crippen molar-refractivity contribution in [3.8, 4) is 0 Å². The molecule has 0 rings (SSSR count). The normalized spacial score (nSPS) is 12.8. The summed E-state index contributed by atoms with van der Waals surface area (Å²) < 4.78 is 0. The van der Waals surface area contributed by atoms with Crippen LogP contribution in [0.4, 0.5) is 0 Å². The van der Waals surface area contributed by atoms with Crippen LogP contribution >= 0.6 is 0 Å². The van der Waals surface area contributed by atoms with Crippen LogP contribution in [0.2, 0.25) is 0 Å². The largest absolute Gasteiger partial charge is 0.478 e. The number of hydrogen-bond acceptors (Lipinski definition) is 2. The van der Waals surface area contributed by atoms with E-state index in [4.69, 9.17) is 5.11 Å². The second-order valence-electron chi connectivity index (χ2n) is 4.96. The fourth-order valence-electron chi connectivity index (χ4n) is 2.05. The quantitative estimate of drug-likeness (QED) is 0.523. The highest BCUT2D eigenvalue weighted by Gasteiger charge is 2.12. The summed E-state index contributed by atoms with van der Waals surface area (Å²) in [5.74, 6) is -0.780. The highest BCUT2D eigenvalue weighted by molar-refractivity contribution is 5.86. The summed E-state index contributed by atoms with van der Waals surface area (Å²) in [6.45, 7) is 11.7. The maximum Gasteiger partial charge on any atom is 0.331 e. The number of carboxylic acid groups (broad SMARTS) is 1. The van der Waals surface area contributed by atoms with E-state index in [0.29, 0.717) is 24.1 Å². The molecule has 0 heterocycles. The van der Waals surface area contributed by atoms with Gasteiger partial charge in [-0.25, -0.2) is 4.79 Å². The lowest BCUT2D eigenvalue weighted by Crippen LogP contribution is -2.37. The van der Waals surface area contributed by atoms with Gasteiger partial charge in [0.05, 0.1) is 0 Å². The van der Waals surface area contributed by atoms with Crippen molar-refractivity contribution >= 4 is 5.97 Å². The SMILES string of the molecule is CCC(=CCCCN(C(C)C)C(C)C)C(=O)O. The van der Waals surface area contributed by atoms with Gasteiger partial charge in [-0.2, -0.15) is 0 Å². The Hall–Kier alpha value is -0.830. The first kappa shape index (κ1) is 16.2. The van der Waals surface area contributed by atoms with E-state index in [1.165, 1.54) is 0 Å². The zero-order chi connectivity index (χ0) is 13.4. The minimum absolute atomic E-state index is 0.533. The van der Waals surface area contributed by atoms with Crippen LogP contribution in [-0.2, 0) is 4.79 Å². The van der Waals surface area contributed by atoms with Gasteiger partial charge in [-0.15, -0.1) is 0 Å². The van der Waals surface area contributed by atoms with Crippen LogP contribution in [0, 0.1) is 0 Å². The molecule has 0 aromatic heterocycles. The minimum Gasteiger partial charge on any atom is -0.478 e. The van der Waals surface area contributed by atoms with Crippen molar-refractivity contribution in [2.45, 2.75) is 66.0 Å². The number of hydrogen-bond donors (Lipinski definition) is 1. The number of rotatable bonds is 8. The molecule has 0 saturated carbocycles. The molecule has 0 aromatic carbocycles. The third-order valence-corrected chi connectivity index (χ3v) is 2.99. The highest BCUT2D eigenvalue weighted by Crippen LogP contribution is 2.09. The van der Waals surface area contributed by atoms with Crippen molar-refractivity contribution in [2.24, 2.45) is 0 Å². The van der Waals surface area contributed by atoms with E-state index in [1.54, 1.807) is 0 Å². The van der Waals surface area contributed by atoms with Gasteiger partial charge in [0.25, 0.3) is 0 Å². The molecule has 3 nitrogen and oxygen atoms in total. The monoisotopic (exact) mass is 241 g/mol. The Morgan fingerprint density at radius 3 is 2.12 bits per heavy atom. The van der Waals surface area contributed by atoms with Gasteiger partial charge >= 0.3 is 5.97 Å². The zero-order valence-corrected chi connectivity index (χ0v) is 11.9.